The number of aryl methyl sites for hydroxylation is 1. The molecule has 0 saturated heterocycles. The van der Waals surface area contributed by atoms with Gasteiger partial charge in [-0.3, -0.25) is 24.9 Å². The fourth-order valence-electron chi connectivity index (χ4n) is 4.30. The van der Waals surface area contributed by atoms with Crippen LogP contribution in [-0.4, -0.2) is 43.4 Å². The zero-order valence-corrected chi connectivity index (χ0v) is 21.2. The molecule has 6 rings (SSSR count). The average molecular weight is 490 g/mol. The lowest BCUT2D eigenvalue weighted by Crippen LogP contribution is -2.31. The van der Waals surface area contributed by atoms with E-state index in [0.717, 1.165) is 33.8 Å². The Morgan fingerprint density at radius 3 is 2.57 bits per heavy atom. The fourth-order valence-corrected chi connectivity index (χ4v) is 4.30. The first-order valence-electron chi connectivity index (χ1n) is 12.3. The fraction of sp³-hybridized carbons (Fsp3) is 0.214. The Balaban J connectivity index is 0.00000137. The molecule has 1 atom stereocenters. The standard InChI is InChI=1S/C26H21N9.C2H6/c1-17-3-8-27-9-4-19-14-29-11-6-23(19)34(17)25-31-18(2)32-26(33-25)35-21-5-10-28-15-20(13-21)22-16-30-12-7-24(22)35;1-2/h3,5-12,14-17H,4H2,1-2H3;1-2H3/b8-3-,27-9?;. The molecule has 9 nitrogen and oxygen atoms in total. The maximum atomic E-state index is 4.98. The van der Waals surface area contributed by atoms with Gasteiger partial charge in [0.2, 0.25) is 11.9 Å². The molecule has 3 aromatic rings. The molecule has 0 fully saturated rings. The van der Waals surface area contributed by atoms with E-state index in [0.29, 0.717) is 24.1 Å². The monoisotopic (exact) mass is 489 g/mol. The number of nitrogens with zero attached hydrogens (tertiary/aromatic N) is 9. The van der Waals surface area contributed by atoms with E-state index in [1.807, 2.05) is 74.8 Å². The van der Waals surface area contributed by atoms with Crippen LogP contribution in [0.4, 0.5) is 23.3 Å². The molecule has 0 saturated carbocycles. The molecule has 9 heteroatoms. The Morgan fingerprint density at radius 2 is 1.70 bits per heavy atom. The van der Waals surface area contributed by atoms with E-state index in [9.17, 15) is 0 Å². The molecule has 0 aliphatic carbocycles. The first kappa shape index (κ1) is 24.0. The third kappa shape index (κ3) is 4.60. The van der Waals surface area contributed by atoms with Crippen LogP contribution in [0, 0.1) is 6.92 Å². The molecule has 0 amide bonds. The number of anilines is 4. The Morgan fingerprint density at radius 1 is 0.919 bits per heavy atom. The van der Waals surface area contributed by atoms with Crippen LogP contribution in [0.5, 0.6) is 0 Å². The van der Waals surface area contributed by atoms with Crippen LogP contribution >= 0.6 is 0 Å². The summed E-state index contributed by atoms with van der Waals surface area (Å²) in [5.41, 5.74) is 8.93. The minimum absolute atomic E-state index is 0.0595. The molecule has 3 aromatic heterocycles. The minimum Gasteiger partial charge on any atom is -0.303 e. The van der Waals surface area contributed by atoms with E-state index in [4.69, 9.17) is 15.0 Å². The van der Waals surface area contributed by atoms with Gasteiger partial charge in [0.15, 0.2) is 0 Å². The number of allylic oxidation sites excluding steroid dienone is 1. The molecule has 0 aromatic carbocycles. The van der Waals surface area contributed by atoms with Crippen molar-refractivity contribution in [3.05, 3.63) is 89.9 Å². The van der Waals surface area contributed by atoms with E-state index >= 15 is 0 Å². The highest BCUT2D eigenvalue weighted by atomic mass is 15.4. The van der Waals surface area contributed by atoms with Crippen LogP contribution in [0.15, 0.2) is 82.9 Å². The quantitative estimate of drug-likeness (QED) is 0.452. The maximum Gasteiger partial charge on any atom is 0.240 e. The number of hydrogen-bond donors (Lipinski definition) is 0. The molecule has 3 aliphatic heterocycles. The molecule has 0 spiro atoms. The van der Waals surface area contributed by atoms with Crippen molar-refractivity contribution in [3.8, 4) is 0 Å². The lowest BCUT2D eigenvalue weighted by atomic mass is 10.0. The van der Waals surface area contributed by atoms with E-state index in [1.165, 1.54) is 0 Å². The summed E-state index contributed by atoms with van der Waals surface area (Å²) in [5, 5.41) is 0. The van der Waals surface area contributed by atoms with Gasteiger partial charge in [-0.1, -0.05) is 19.6 Å². The van der Waals surface area contributed by atoms with Gasteiger partial charge in [-0.15, -0.1) is 0 Å². The number of fused-ring (bicyclic) bond motifs is 3. The van der Waals surface area contributed by atoms with Crippen LogP contribution < -0.4 is 9.80 Å². The Labute approximate surface area is 216 Å². The van der Waals surface area contributed by atoms with E-state index < -0.39 is 0 Å². The second-order valence-electron chi connectivity index (χ2n) is 8.22. The predicted octanol–water partition coefficient (Wildman–Crippen LogP) is 5.28. The van der Waals surface area contributed by atoms with Gasteiger partial charge in [-0.2, -0.15) is 15.0 Å². The largest absolute Gasteiger partial charge is 0.303 e. The lowest BCUT2D eigenvalue weighted by molar-refractivity contribution is 0.801. The number of pyridine rings is 2. The summed E-state index contributed by atoms with van der Waals surface area (Å²) in [7, 11) is 0. The SMILES string of the molecule is CC.Cc1nc(N2C3=C=C(C=NC=C3)c3cnccc32)nc(N2c3ccncc3CC=N/C=C\C2C)n1. The highest BCUT2D eigenvalue weighted by Crippen LogP contribution is 2.38. The summed E-state index contributed by atoms with van der Waals surface area (Å²) in [4.78, 5) is 35.9. The average Bonchev–Trinajstić information content (AvgIpc) is 3.08. The van der Waals surface area contributed by atoms with E-state index in [-0.39, 0.29) is 6.04 Å². The Hall–Kier alpha value is -4.75. The van der Waals surface area contributed by atoms with Gasteiger partial charge in [0.05, 0.1) is 23.1 Å². The summed E-state index contributed by atoms with van der Waals surface area (Å²) in [6, 6.07) is 3.88. The van der Waals surface area contributed by atoms with E-state index in [2.05, 4.69) is 37.5 Å². The number of hydrogen-bond acceptors (Lipinski definition) is 9. The molecule has 184 valence electrons. The number of aromatic nitrogens is 5. The summed E-state index contributed by atoms with van der Waals surface area (Å²) in [6.45, 7) is 7.96. The van der Waals surface area contributed by atoms with E-state index in [1.54, 1.807) is 24.8 Å². The van der Waals surface area contributed by atoms with Gasteiger partial charge in [0.1, 0.15) is 5.82 Å². The first-order valence-corrected chi connectivity index (χ1v) is 12.3. The third-order valence-electron chi connectivity index (χ3n) is 5.91. The zero-order chi connectivity index (χ0) is 25.8. The molecule has 0 radical (unpaired) electrons. The van der Waals surface area contributed by atoms with Gasteiger partial charge in [-0.25, -0.2) is 0 Å². The molecule has 2 bridgehead atoms. The summed E-state index contributed by atoms with van der Waals surface area (Å²) >= 11 is 0. The molecule has 0 N–H and O–H groups in total. The topological polar surface area (TPSA) is 95.7 Å². The summed E-state index contributed by atoms with van der Waals surface area (Å²) < 4.78 is 0. The van der Waals surface area contributed by atoms with Crippen molar-refractivity contribution in [1.29, 1.82) is 0 Å². The van der Waals surface area contributed by atoms with Crippen molar-refractivity contribution in [2.75, 3.05) is 9.80 Å². The Kier molecular flexibility index (Phi) is 6.78. The molecule has 1 unspecified atom stereocenters. The van der Waals surface area contributed by atoms with Crippen LogP contribution in [-0.2, 0) is 6.42 Å². The molecule has 6 heterocycles. The highest BCUT2D eigenvalue weighted by molar-refractivity contribution is 6.13. The Bertz CT molecular complexity index is 1510. The van der Waals surface area contributed by atoms with Crippen molar-refractivity contribution in [2.24, 2.45) is 9.98 Å². The van der Waals surface area contributed by atoms with Crippen LogP contribution in [0.1, 0.15) is 37.7 Å². The second kappa shape index (κ2) is 10.5. The van der Waals surface area contributed by atoms with Crippen molar-refractivity contribution in [1.82, 2.24) is 24.9 Å². The normalized spacial score (nSPS) is 18.1. The van der Waals surface area contributed by atoms with Gasteiger partial charge >= 0.3 is 0 Å². The van der Waals surface area contributed by atoms with Gasteiger partial charge in [-0.05, 0) is 43.7 Å². The summed E-state index contributed by atoms with van der Waals surface area (Å²) in [5.74, 6) is 1.64. The predicted molar refractivity (Wildman–Crippen MR) is 148 cm³/mol. The van der Waals surface area contributed by atoms with Crippen molar-refractivity contribution in [2.45, 2.75) is 40.2 Å². The maximum absolute atomic E-state index is 4.98. The van der Waals surface area contributed by atoms with Gasteiger partial charge in [0, 0.05) is 67.2 Å². The van der Waals surface area contributed by atoms with Gasteiger partial charge < -0.3 is 4.90 Å². The van der Waals surface area contributed by atoms with Crippen molar-refractivity contribution >= 4 is 41.3 Å². The first-order chi connectivity index (χ1) is 18.2. The second-order valence-corrected chi connectivity index (χ2v) is 8.22. The minimum atomic E-state index is -0.0595. The number of aliphatic imine (C=N–C) groups is 2. The van der Waals surface area contributed by atoms with Crippen LogP contribution in [0.2, 0.25) is 0 Å². The van der Waals surface area contributed by atoms with Crippen LogP contribution in [0.3, 0.4) is 0 Å². The molecular formula is C28H27N9. The summed E-state index contributed by atoms with van der Waals surface area (Å²) in [6.07, 6.45) is 19.0. The molecular weight excluding hydrogens is 462 g/mol. The molecule has 37 heavy (non-hydrogen) atoms. The smallest absolute Gasteiger partial charge is 0.240 e. The third-order valence-corrected chi connectivity index (χ3v) is 5.91. The lowest BCUT2D eigenvalue weighted by Gasteiger charge is -2.31. The van der Waals surface area contributed by atoms with Crippen molar-refractivity contribution in [3.63, 3.8) is 0 Å². The highest BCUT2D eigenvalue weighted by Gasteiger charge is 2.28. The zero-order valence-electron chi connectivity index (χ0n) is 21.2. The molecule has 3 aliphatic rings. The number of rotatable bonds is 2. The van der Waals surface area contributed by atoms with Crippen LogP contribution in [0.25, 0.3) is 5.57 Å². The van der Waals surface area contributed by atoms with Gasteiger partial charge in [0.25, 0.3) is 0 Å². The van der Waals surface area contributed by atoms with Crippen molar-refractivity contribution < 1.29 is 0 Å².